The molecule has 2 fully saturated rings. The molecule has 2 aliphatic heterocycles. The molecule has 0 radical (unpaired) electrons. The van der Waals surface area contributed by atoms with Gasteiger partial charge < -0.3 is 28.8 Å². The third-order valence-electron chi connectivity index (χ3n) is 9.75. The molecule has 3 aliphatic rings. The fourth-order valence-corrected chi connectivity index (χ4v) is 6.86. The fourth-order valence-electron chi connectivity index (χ4n) is 6.86. The van der Waals surface area contributed by atoms with Gasteiger partial charge in [-0.15, -0.1) is 0 Å². The van der Waals surface area contributed by atoms with Crippen molar-refractivity contribution in [2.45, 2.75) is 65.1 Å². The van der Waals surface area contributed by atoms with Gasteiger partial charge in [-0.25, -0.2) is 9.59 Å². The maximum absolute atomic E-state index is 13.8. The lowest BCUT2D eigenvalue weighted by atomic mass is 9.92. The number of nitrogens with zero attached hydrogens (tertiary/aromatic N) is 3. The summed E-state index contributed by atoms with van der Waals surface area (Å²) in [6, 6.07) is 5.46. The number of fused-ring (bicyclic) bond motifs is 3. The van der Waals surface area contributed by atoms with Gasteiger partial charge in [0.1, 0.15) is 16.9 Å². The first-order chi connectivity index (χ1) is 21.1. The molecule has 6 rings (SSSR count). The molecular formula is C34H41N3O7. The number of rotatable bonds is 7. The molecular weight excluding hydrogens is 562 g/mol. The van der Waals surface area contributed by atoms with Gasteiger partial charge in [-0.3, -0.25) is 9.69 Å². The van der Waals surface area contributed by atoms with E-state index in [4.69, 9.17) is 13.9 Å². The molecule has 1 amide bonds. The molecule has 1 aromatic heterocycles. The predicted molar refractivity (Wildman–Crippen MR) is 167 cm³/mol. The van der Waals surface area contributed by atoms with Crippen molar-refractivity contribution < 1.29 is 28.6 Å². The number of carbonyl (C=O) groups is 2. The molecule has 10 heteroatoms. The van der Waals surface area contributed by atoms with E-state index in [1.807, 2.05) is 6.92 Å². The van der Waals surface area contributed by atoms with Crippen LogP contribution in [0.5, 0.6) is 5.75 Å². The van der Waals surface area contributed by atoms with Gasteiger partial charge >= 0.3 is 11.6 Å². The number of amides is 1. The van der Waals surface area contributed by atoms with E-state index >= 15 is 0 Å². The maximum Gasteiger partial charge on any atom is 0.341 e. The molecule has 3 aromatic rings. The number of ether oxygens (including phenoxy) is 2. The quantitative estimate of drug-likeness (QED) is 0.395. The molecule has 1 N–H and O–H groups in total. The lowest BCUT2D eigenvalue weighted by molar-refractivity contribution is 0.0672. The monoisotopic (exact) mass is 603 g/mol. The minimum absolute atomic E-state index is 0.0350. The Morgan fingerprint density at radius 3 is 2.48 bits per heavy atom. The second-order valence-electron chi connectivity index (χ2n) is 12.5. The highest BCUT2D eigenvalue weighted by Crippen LogP contribution is 2.37. The number of methoxy groups -OCH3 is 1. The van der Waals surface area contributed by atoms with Crippen LogP contribution >= 0.6 is 0 Å². The molecule has 1 aliphatic carbocycles. The molecule has 1 atom stereocenters. The van der Waals surface area contributed by atoms with Crippen LogP contribution in [0.3, 0.4) is 0 Å². The summed E-state index contributed by atoms with van der Waals surface area (Å²) in [7, 11) is 3.84. The Morgan fingerprint density at radius 2 is 1.80 bits per heavy atom. The summed E-state index contributed by atoms with van der Waals surface area (Å²) in [5, 5.41) is 10.7. The zero-order valence-electron chi connectivity index (χ0n) is 26.2. The van der Waals surface area contributed by atoms with Crippen LogP contribution in [0, 0.1) is 20.8 Å². The van der Waals surface area contributed by atoms with Gasteiger partial charge in [-0.2, -0.15) is 0 Å². The molecule has 0 unspecified atom stereocenters. The van der Waals surface area contributed by atoms with Gasteiger partial charge in [-0.05, 0) is 82.8 Å². The van der Waals surface area contributed by atoms with Crippen LogP contribution in [0.15, 0.2) is 27.4 Å². The van der Waals surface area contributed by atoms with Gasteiger partial charge in [0.2, 0.25) is 0 Å². The minimum Gasteiger partial charge on any atom is -0.489 e. The number of carbonyl (C=O) groups excluding carboxylic acids is 1. The second-order valence-corrected chi connectivity index (χ2v) is 12.5. The molecule has 44 heavy (non-hydrogen) atoms. The molecule has 2 aromatic carbocycles. The van der Waals surface area contributed by atoms with Crippen LogP contribution in [0.4, 0.5) is 5.69 Å². The highest BCUT2D eigenvalue weighted by molar-refractivity contribution is 6.00. The van der Waals surface area contributed by atoms with Crippen molar-refractivity contribution in [2.24, 2.45) is 0 Å². The van der Waals surface area contributed by atoms with Crippen molar-refractivity contribution in [1.82, 2.24) is 9.80 Å². The lowest BCUT2D eigenvalue weighted by Crippen LogP contribution is -2.53. The number of hydrogen-bond donors (Lipinski definition) is 1. The van der Waals surface area contributed by atoms with E-state index in [2.05, 4.69) is 29.8 Å². The van der Waals surface area contributed by atoms with E-state index in [-0.39, 0.29) is 35.9 Å². The maximum atomic E-state index is 13.8. The molecule has 0 bridgehead atoms. The number of hydrogen-bond acceptors (Lipinski definition) is 8. The number of piperazine rings is 1. The summed E-state index contributed by atoms with van der Waals surface area (Å²) < 4.78 is 17.5. The molecule has 0 spiro atoms. The predicted octanol–water partition coefficient (Wildman–Crippen LogP) is 4.31. The Hall–Kier alpha value is -3.89. The Labute approximate surface area is 257 Å². The third kappa shape index (κ3) is 5.24. The van der Waals surface area contributed by atoms with Gasteiger partial charge in [0.15, 0.2) is 0 Å². The number of aromatic carboxylic acids is 1. The van der Waals surface area contributed by atoms with E-state index in [9.17, 15) is 19.5 Å². The minimum atomic E-state index is -1.09. The first-order valence-corrected chi connectivity index (χ1v) is 15.4. The van der Waals surface area contributed by atoms with Crippen molar-refractivity contribution in [1.29, 1.82) is 0 Å². The highest BCUT2D eigenvalue weighted by Gasteiger charge is 2.32. The smallest absolute Gasteiger partial charge is 0.341 e. The topological polar surface area (TPSA) is 113 Å². The first-order valence-electron chi connectivity index (χ1n) is 15.4. The Balaban J connectivity index is 1.31. The largest absolute Gasteiger partial charge is 0.489 e. The van der Waals surface area contributed by atoms with E-state index < -0.39 is 11.6 Å². The zero-order valence-corrected chi connectivity index (χ0v) is 26.2. The normalized spacial score (nSPS) is 19.2. The van der Waals surface area contributed by atoms with Gasteiger partial charge in [0.25, 0.3) is 5.91 Å². The lowest BCUT2D eigenvalue weighted by Gasteiger charge is -2.41. The molecule has 3 heterocycles. The van der Waals surface area contributed by atoms with Gasteiger partial charge in [-0.1, -0.05) is 0 Å². The number of likely N-dealkylation sites (N-methyl/N-ethyl adjacent to an activating group) is 1. The van der Waals surface area contributed by atoms with Crippen molar-refractivity contribution in [3.05, 3.63) is 67.6 Å². The summed E-state index contributed by atoms with van der Waals surface area (Å²) in [4.78, 5) is 45.5. The van der Waals surface area contributed by atoms with E-state index in [1.165, 1.54) is 6.07 Å². The average molecular weight is 604 g/mol. The zero-order chi connectivity index (χ0) is 31.3. The van der Waals surface area contributed by atoms with Crippen molar-refractivity contribution in [3.8, 4) is 5.75 Å². The highest BCUT2D eigenvalue weighted by atomic mass is 16.5. The average Bonchev–Trinajstić information content (AvgIpc) is 2.98. The van der Waals surface area contributed by atoms with Crippen molar-refractivity contribution >= 4 is 28.5 Å². The van der Waals surface area contributed by atoms with E-state index in [1.54, 1.807) is 25.0 Å². The standard InChI is InChI=1S/C34H41N3O7/c1-19-15-28(36-14-13-35(4)22(16-36)18-42-5)21(3)31-29(19)25-11-12-37(17-27(25)34(41)44-31)32(38)24-9-10-26(33(39)40)30(20(24)2)43-23-7-6-8-23/h9-10,15,22-23H,6-8,11-14,16-18H2,1-5H3,(H,39,40)/t22-/m1/s1. The number of carboxylic acid groups (broad SMARTS) is 1. The van der Waals surface area contributed by atoms with Crippen LogP contribution in [0.2, 0.25) is 0 Å². The number of benzene rings is 2. The van der Waals surface area contributed by atoms with Crippen molar-refractivity contribution in [3.63, 3.8) is 0 Å². The van der Waals surface area contributed by atoms with Crippen LogP contribution in [0.1, 0.15) is 67.8 Å². The number of aryl methyl sites for hydroxylation is 2. The summed E-state index contributed by atoms with van der Waals surface area (Å²) in [6.07, 6.45) is 3.26. The van der Waals surface area contributed by atoms with Gasteiger partial charge in [0.05, 0.1) is 30.9 Å². The van der Waals surface area contributed by atoms with Crippen LogP contribution in [-0.4, -0.2) is 85.9 Å². The second kappa shape index (κ2) is 11.9. The molecule has 234 valence electrons. The summed E-state index contributed by atoms with van der Waals surface area (Å²) in [5.74, 6) is -1.09. The Morgan fingerprint density at radius 1 is 1.05 bits per heavy atom. The first kappa shape index (κ1) is 30.1. The molecule has 10 nitrogen and oxygen atoms in total. The summed E-state index contributed by atoms with van der Waals surface area (Å²) in [5.41, 5.74) is 5.63. The van der Waals surface area contributed by atoms with Crippen LogP contribution in [0.25, 0.3) is 11.0 Å². The van der Waals surface area contributed by atoms with Crippen LogP contribution in [-0.2, 0) is 17.7 Å². The summed E-state index contributed by atoms with van der Waals surface area (Å²) >= 11 is 0. The molecule has 1 saturated carbocycles. The van der Waals surface area contributed by atoms with Crippen LogP contribution < -0.4 is 15.3 Å². The van der Waals surface area contributed by atoms with Crippen molar-refractivity contribution in [2.75, 3.05) is 51.8 Å². The third-order valence-corrected chi connectivity index (χ3v) is 9.75. The van der Waals surface area contributed by atoms with Gasteiger partial charge in [0, 0.05) is 61.1 Å². The van der Waals surface area contributed by atoms with E-state index in [0.29, 0.717) is 41.8 Å². The Kier molecular flexibility index (Phi) is 8.15. The van der Waals surface area contributed by atoms with E-state index in [0.717, 1.165) is 66.7 Å². The number of anilines is 1. The number of carboxylic acids is 1. The SMILES string of the molecule is COC[C@H]1CN(c2cc(C)c3c4c(c(=O)oc3c2C)CN(C(=O)c2ccc(C(=O)O)c(OC3CCC3)c2C)CC4)CCN1C. The summed E-state index contributed by atoms with van der Waals surface area (Å²) in [6.45, 7) is 9.62. The molecule has 1 saturated heterocycles. The fraction of sp³-hybridized carbons (Fsp3) is 0.500. The Bertz CT molecular complexity index is 1690.